The second-order valence-corrected chi connectivity index (χ2v) is 7.35. The van der Waals surface area contributed by atoms with Crippen molar-refractivity contribution in [1.82, 2.24) is 10.2 Å². The van der Waals surface area contributed by atoms with Crippen LogP contribution in [0.3, 0.4) is 0 Å². The molecule has 0 amide bonds. The van der Waals surface area contributed by atoms with E-state index >= 15 is 0 Å². The Hall–Kier alpha value is -0.0800. The first-order valence-corrected chi connectivity index (χ1v) is 8.21. The van der Waals surface area contributed by atoms with Crippen molar-refractivity contribution in [3.63, 3.8) is 0 Å². The maximum absolute atomic E-state index is 3.84. The van der Waals surface area contributed by atoms with E-state index in [0.29, 0.717) is 0 Å². The quantitative estimate of drug-likeness (QED) is 0.828. The molecule has 0 aromatic carbocycles. The summed E-state index contributed by atoms with van der Waals surface area (Å²) in [5.74, 6) is 1.88. The topological polar surface area (TPSA) is 15.3 Å². The molecule has 0 aromatic rings. The van der Waals surface area contributed by atoms with Crippen LogP contribution in [0.25, 0.3) is 0 Å². The van der Waals surface area contributed by atoms with E-state index in [2.05, 4.69) is 24.1 Å². The molecular weight excluding hydrogens is 220 g/mol. The summed E-state index contributed by atoms with van der Waals surface area (Å²) < 4.78 is 0. The van der Waals surface area contributed by atoms with E-state index in [-0.39, 0.29) is 0 Å². The third-order valence-electron chi connectivity index (χ3n) is 5.17. The molecule has 3 fully saturated rings. The molecule has 0 radical (unpaired) electrons. The van der Waals surface area contributed by atoms with Gasteiger partial charge in [0.2, 0.25) is 0 Å². The number of rotatable bonds is 3. The Morgan fingerprint density at radius 3 is 2.28 bits per heavy atom. The fourth-order valence-electron chi connectivity index (χ4n) is 4.26. The van der Waals surface area contributed by atoms with Crippen LogP contribution in [0.1, 0.15) is 58.8 Å². The van der Waals surface area contributed by atoms with Crippen LogP contribution >= 0.6 is 0 Å². The first-order valence-electron chi connectivity index (χ1n) is 8.21. The molecule has 3 atom stereocenters. The molecule has 0 spiro atoms. The van der Waals surface area contributed by atoms with Crippen molar-refractivity contribution in [1.29, 1.82) is 0 Å². The van der Waals surface area contributed by atoms with Crippen LogP contribution < -0.4 is 5.32 Å². The molecule has 1 aliphatic heterocycles. The summed E-state index contributed by atoms with van der Waals surface area (Å²) in [7, 11) is 0. The number of nitrogens with zero attached hydrogens (tertiary/aromatic N) is 1. The van der Waals surface area contributed by atoms with Crippen molar-refractivity contribution in [2.75, 3.05) is 13.1 Å². The lowest BCUT2D eigenvalue weighted by atomic mass is 9.79. The van der Waals surface area contributed by atoms with Crippen molar-refractivity contribution < 1.29 is 0 Å². The van der Waals surface area contributed by atoms with Crippen molar-refractivity contribution in [2.24, 2.45) is 11.8 Å². The van der Waals surface area contributed by atoms with Crippen LogP contribution in [0.15, 0.2) is 0 Å². The summed E-state index contributed by atoms with van der Waals surface area (Å²) in [6, 6.07) is 2.55. The van der Waals surface area contributed by atoms with E-state index in [1.54, 1.807) is 0 Å². The van der Waals surface area contributed by atoms with E-state index in [9.17, 15) is 0 Å². The minimum Gasteiger partial charge on any atom is -0.310 e. The van der Waals surface area contributed by atoms with Gasteiger partial charge >= 0.3 is 0 Å². The predicted molar refractivity (Wildman–Crippen MR) is 76.7 cm³/mol. The zero-order valence-electron chi connectivity index (χ0n) is 12.2. The molecule has 3 aliphatic rings. The average molecular weight is 250 g/mol. The summed E-state index contributed by atoms with van der Waals surface area (Å²) in [6.45, 7) is 7.58. The molecule has 0 aromatic heterocycles. The van der Waals surface area contributed by atoms with E-state index in [1.165, 1.54) is 58.0 Å². The van der Waals surface area contributed by atoms with Gasteiger partial charge in [-0.2, -0.15) is 0 Å². The van der Waals surface area contributed by atoms with Crippen molar-refractivity contribution in [3.8, 4) is 0 Å². The molecule has 2 heteroatoms. The third-order valence-corrected chi connectivity index (χ3v) is 5.17. The Morgan fingerprint density at radius 1 is 0.889 bits per heavy atom. The molecule has 2 nitrogen and oxygen atoms in total. The van der Waals surface area contributed by atoms with Crippen LogP contribution in [-0.2, 0) is 0 Å². The fraction of sp³-hybridized carbons (Fsp3) is 1.00. The molecule has 3 unspecified atom stereocenters. The zero-order valence-corrected chi connectivity index (χ0v) is 12.2. The highest BCUT2D eigenvalue weighted by atomic mass is 15.2. The summed E-state index contributed by atoms with van der Waals surface area (Å²) in [5, 5.41) is 3.84. The van der Waals surface area contributed by atoms with Crippen molar-refractivity contribution >= 4 is 0 Å². The first-order chi connectivity index (χ1) is 8.70. The monoisotopic (exact) mass is 250 g/mol. The highest BCUT2D eigenvalue weighted by molar-refractivity contribution is 4.91. The van der Waals surface area contributed by atoms with Crippen LogP contribution in [0, 0.1) is 11.8 Å². The maximum Gasteiger partial charge on any atom is 0.0198 e. The molecule has 2 saturated carbocycles. The fourth-order valence-corrected chi connectivity index (χ4v) is 4.26. The Morgan fingerprint density at radius 2 is 1.61 bits per heavy atom. The SMILES string of the molecule is CC1CC(C)CC(N2CCCC(NC3CC3)C2)C1. The Labute approximate surface area is 113 Å². The number of piperidine rings is 1. The van der Waals surface area contributed by atoms with Gasteiger partial charge in [0.25, 0.3) is 0 Å². The van der Waals surface area contributed by atoms with Crippen LogP contribution in [-0.4, -0.2) is 36.1 Å². The van der Waals surface area contributed by atoms with Gasteiger partial charge in [-0.3, -0.25) is 4.90 Å². The Balaban J connectivity index is 1.53. The van der Waals surface area contributed by atoms with E-state index < -0.39 is 0 Å². The lowest BCUT2D eigenvalue weighted by molar-refractivity contribution is 0.0775. The van der Waals surface area contributed by atoms with E-state index in [0.717, 1.165) is 30.0 Å². The van der Waals surface area contributed by atoms with Gasteiger partial charge in [0.15, 0.2) is 0 Å². The summed E-state index contributed by atoms with van der Waals surface area (Å²) in [5.41, 5.74) is 0. The molecule has 0 bridgehead atoms. The van der Waals surface area contributed by atoms with Gasteiger partial charge in [-0.1, -0.05) is 13.8 Å². The van der Waals surface area contributed by atoms with Gasteiger partial charge in [0.1, 0.15) is 0 Å². The minimum atomic E-state index is 0.791. The number of hydrogen-bond acceptors (Lipinski definition) is 2. The van der Waals surface area contributed by atoms with E-state index in [1.807, 2.05) is 0 Å². The largest absolute Gasteiger partial charge is 0.310 e. The minimum absolute atomic E-state index is 0.791. The first kappa shape index (κ1) is 12.9. The lowest BCUT2D eigenvalue weighted by Crippen LogP contribution is -2.51. The molecule has 1 N–H and O–H groups in total. The average Bonchev–Trinajstić information content (AvgIpc) is 3.12. The van der Waals surface area contributed by atoms with Crippen LogP contribution in [0.5, 0.6) is 0 Å². The normalized spacial score (nSPS) is 43.0. The molecule has 18 heavy (non-hydrogen) atoms. The van der Waals surface area contributed by atoms with E-state index in [4.69, 9.17) is 0 Å². The van der Waals surface area contributed by atoms with Crippen LogP contribution in [0.4, 0.5) is 0 Å². The van der Waals surface area contributed by atoms with Gasteiger partial charge in [-0.05, 0) is 63.3 Å². The molecular formula is C16H30N2. The summed E-state index contributed by atoms with van der Waals surface area (Å²) in [4.78, 5) is 2.82. The smallest absolute Gasteiger partial charge is 0.0198 e. The Kier molecular flexibility index (Phi) is 3.95. The second-order valence-electron chi connectivity index (χ2n) is 7.35. The number of likely N-dealkylation sites (tertiary alicyclic amines) is 1. The molecule has 1 saturated heterocycles. The van der Waals surface area contributed by atoms with Gasteiger partial charge < -0.3 is 5.32 Å². The molecule has 1 heterocycles. The standard InChI is InChI=1S/C16H30N2/c1-12-8-13(2)10-16(9-12)18-7-3-4-15(11-18)17-14-5-6-14/h12-17H,3-11H2,1-2H3. The van der Waals surface area contributed by atoms with Crippen LogP contribution in [0.2, 0.25) is 0 Å². The highest BCUT2D eigenvalue weighted by Gasteiger charge is 2.33. The van der Waals surface area contributed by atoms with Gasteiger partial charge in [-0.15, -0.1) is 0 Å². The molecule has 3 rings (SSSR count). The van der Waals surface area contributed by atoms with Crippen molar-refractivity contribution in [3.05, 3.63) is 0 Å². The maximum atomic E-state index is 3.84. The Bertz CT molecular complexity index is 264. The molecule has 2 aliphatic carbocycles. The summed E-state index contributed by atoms with van der Waals surface area (Å²) in [6.07, 6.45) is 10.0. The summed E-state index contributed by atoms with van der Waals surface area (Å²) >= 11 is 0. The predicted octanol–water partition coefficient (Wildman–Crippen LogP) is 3.03. The third kappa shape index (κ3) is 3.27. The van der Waals surface area contributed by atoms with Crippen molar-refractivity contribution in [2.45, 2.75) is 76.9 Å². The molecule has 104 valence electrons. The van der Waals surface area contributed by atoms with Gasteiger partial charge in [-0.25, -0.2) is 0 Å². The zero-order chi connectivity index (χ0) is 12.5. The highest BCUT2D eigenvalue weighted by Crippen LogP contribution is 2.33. The lowest BCUT2D eigenvalue weighted by Gasteiger charge is -2.43. The second kappa shape index (κ2) is 5.50. The van der Waals surface area contributed by atoms with Gasteiger partial charge in [0, 0.05) is 24.7 Å². The van der Waals surface area contributed by atoms with Gasteiger partial charge in [0.05, 0.1) is 0 Å². The number of hydrogen-bond donors (Lipinski definition) is 1. The number of nitrogens with one attached hydrogen (secondary N) is 1.